The minimum atomic E-state index is -0.567. The van der Waals surface area contributed by atoms with E-state index in [-0.39, 0.29) is 24.4 Å². The standard InChI is InChI=1S/C16H21NO4.ClH/c1-4-15(17-10(2)3)20-13-7-5-6-11-8-14(12(19)9-18)21-16(11)13;/h5-8,10,15,17-18H,4,9H2,1-3H3;1H. The minimum absolute atomic E-state index is 0. The average Bonchev–Trinajstić information content (AvgIpc) is 2.90. The lowest BCUT2D eigenvalue weighted by Gasteiger charge is -2.21. The topological polar surface area (TPSA) is 71.7 Å². The van der Waals surface area contributed by atoms with Crippen molar-refractivity contribution in [3.05, 3.63) is 30.0 Å². The summed E-state index contributed by atoms with van der Waals surface area (Å²) in [7, 11) is 0. The van der Waals surface area contributed by atoms with Crippen molar-refractivity contribution in [3.63, 3.8) is 0 Å². The summed E-state index contributed by atoms with van der Waals surface area (Å²) < 4.78 is 11.5. The SMILES string of the molecule is CCC(NC(C)C)Oc1cccc2cc(C(=O)CO)oc12.Cl. The van der Waals surface area contributed by atoms with E-state index < -0.39 is 12.4 Å². The fourth-order valence-corrected chi connectivity index (χ4v) is 2.10. The number of ether oxygens (including phenoxy) is 1. The highest BCUT2D eigenvalue weighted by molar-refractivity contribution is 5.99. The monoisotopic (exact) mass is 327 g/mol. The number of Topliss-reactive ketones (excluding diaryl/α,β-unsaturated/α-hetero) is 1. The number of furan rings is 1. The number of nitrogens with one attached hydrogen (secondary N) is 1. The zero-order valence-electron chi connectivity index (χ0n) is 13.0. The molecule has 0 radical (unpaired) electrons. The molecule has 1 aromatic heterocycles. The van der Waals surface area contributed by atoms with E-state index in [0.29, 0.717) is 17.4 Å². The smallest absolute Gasteiger partial charge is 0.223 e. The Labute approximate surface area is 136 Å². The lowest BCUT2D eigenvalue weighted by atomic mass is 10.2. The number of rotatable bonds is 7. The second-order valence-electron chi connectivity index (χ2n) is 5.20. The largest absolute Gasteiger partial charge is 0.471 e. The maximum Gasteiger partial charge on any atom is 0.223 e. The molecule has 0 saturated carbocycles. The Hall–Kier alpha value is -1.56. The van der Waals surface area contributed by atoms with Crippen LogP contribution in [0.5, 0.6) is 5.75 Å². The van der Waals surface area contributed by atoms with Crippen LogP contribution in [0.4, 0.5) is 0 Å². The van der Waals surface area contributed by atoms with Gasteiger partial charge in [0.05, 0.1) is 0 Å². The molecule has 22 heavy (non-hydrogen) atoms. The second kappa shape index (κ2) is 8.17. The summed E-state index contributed by atoms with van der Waals surface area (Å²) in [5.74, 6) is 0.294. The maximum atomic E-state index is 11.5. The first-order valence-electron chi connectivity index (χ1n) is 7.14. The van der Waals surface area contributed by atoms with Crippen LogP contribution in [0, 0.1) is 0 Å². The Balaban J connectivity index is 0.00000242. The molecular formula is C16H22ClNO4. The van der Waals surface area contributed by atoms with E-state index in [0.717, 1.165) is 11.8 Å². The predicted octanol–water partition coefficient (Wildman–Crippen LogP) is 3.14. The van der Waals surface area contributed by atoms with Crippen molar-refractivity contribution >= 4 is 29.2 Å². The van der Waals surface area contributed by atoms with Crippen LogP contribution in [0.25, 0.3) is 11.0 Å². The van der Waals surface area contributed by atoms with Crippen LogP contribution >= 0.6 is 12.4 Å². The second-order valence-corrected chi connectivity index (χ2v) is 5.20. The van der Waals surface area contributed by atoms with Crippen molar-refractivity contribution in [1.82, 2.24) is 5.32 Å². The fraction of sp³-hybridized carbons (Fsp3) is 0.438. The number of ketones is 1. The van der Waals surface area contributed by atoms with Gasteiger partial charge in [-0.25, -0.2) is 0 Å². The van der Waals surface area contributed by atoms with Gasteiger partial charge in [-0.15, -0.1) is 12.4 Å². The van der Waals surface area contributed by atoms with Gasteiger partial charge < -0.3 is 14.3 Å². The number of aliphatic hydroxyl groups excluding tert-OH is 1. The number of hydrogen-bond acceptors (Lipinski definition) is 5. The van der Waals surface area contributed by atoms with Gasteiger partial charge in [0.25, 0.3) is 0 Å². The molecule has 0 bridgehead atoms. The van der Waals surface area contributed by atoms with Gasteiger partial charge in [0.1, 0.15) is 12.8 Å². The Bertz CT molecular complexity index is 624. The number of halogens is 1. The van der Waals surface area contributed by atoms with Crippen LogP contribution in [-0.2, 0) is 0 Å². The normalized spacial score (nSPS) is 12.2. The summed E-state index contributed by atoms with van der Waals surface area (Å²) in [6.45, 7) is 5.57. The molecule has 0 aliphatic heterocycles. The molecule has 6 heteroatoms. The molecule has 1 unspecified atom stereocenters. The third-order valence-electron chi connectivity index (χ3n) is 3.09. The number of hydrogen-bond donors (Lipinski definition) is 2. The number of carbonyl (C=O) groups is 1. The fourth-order valence-electron chi connectivity index (χ4n) is 2.10. The number of aliphatic hydroxyl groups is 1. The van der Waals surface area contributed by atoms with E-state index in [1.165, 1.54) is 0 Å². The minimum Gasteiger partial charge on any atom is -0.471 e. The molecule has 2 rings (SSSR count). The molecule has 2 N–H and O–H groups in total. The summed E-state index contributed by atoms with van der Waals surface area (Å²) >= 11 is 0. The summed E-state index contributed by atoms with van der Waals surface area (Å²) in [6.07, 6.45) is 0.676. The summed E-state index contributed by atoms with van der Waals surface area (Å²) in [6, 6.07) is 7.43. The van der Waals surface area contributed by atoms with Gasteiger partial charge in [0.15, 0.2) is 17.1 Å². The Morgan fingerprint density at radius 1 is 1.41 bits per heavy atom. The number of carbonyl (C=O) groups excluding carboxylic acids is 1. The lowest BCUT2D eigenvalue weighted by Crippen LogP contribution is -2.38. The van der Waals surface area contributed by atoms with Crippen LogP contribution in [0.1, 0.15) is 37.7 Å². The number of fused-ring (bicyclic) bond motifs is 1. The molecule has 0 spiro atoms. The van der Waals surface area contributed by atoms with Gasteiger partial charge in [-0.05, 0) is 32.4 Å². The maximum absolute atomic E-state index is 11.5. The van der Waals surface area contributed by atoms with Crippen LogP contribution in [0.3, 0.4) is 0 Å². The van der Waals surface area contributed by atoms with Gasteiger partial charge in [-0.3, -0.25) is 10.1 Å². The van der Waals surface area contributed by atoms with Gasteiger partial charge in [0.2, 0.25) is 5.78 Å². The van der Waals surface area contributed by atoms with E-state index >= 15 is 0 Å². The molecular weight excluding hydrogens is 306 g/mol. The van der Waals surface area contributed by atoms with Gasteiger partial charge in [-0.2, -0.15) is 0 Å². The molecule has 2 aromatic rings. The van der Waals surface area contributed by atoms with Gasteiger partial charge in [-0.1, -0.05) is 19.1 Å². The predicted molar refractivity (Wildman–Crippen MR) is 87.9 cm³/mol. The molecule has 0 aliphatic carbocycles. The van der Waals surface area contributed by atoms with Crippen molar-refractivity contribution in [3.8, 4) is 5.75 Å². The van der Waals surface area contributed by atoms with Crippen LogP contribution in [0.2, 0.25) is 0 Å². The van der Waals surface area contributed by atoms with Gasteiger partial charge in [0, 0.05) is 11.4 Å². The summed E-state index contributed by atoms with van der Waals surface area (Å²) in [5, 5.41) is 13.0. The molecule has 5 nitrogen and oxygen atoms in total. The van der Waals surface area contributed by atoms with Crippen LogP contribution in [0.15, 0.2) is 28.7 Å². The zero-order valence-corrected chi connectivity index (χ0v) is 13.8. The van der Waals surface area contributed by atoms with Gasteiger partial charge >= 0.3 is 0 Å². The molecule has 0 fully saturated rings. The number of benzene rings is 1. The first kappa shape index (κ1) is 18.5. The molecule has 1 atom stereocenters. The van der Waals surface area contributed by atoms with Crippen molar-refractivity contribution < 1.29 is 19.1 Å². The van der Waals surface area contributed by atoms with Crippen molar-refractivity contribution in [2.45, 2.75) is 39.5 Å². The Morgan fingerprint density at radius 3 is 2.73 bits per heavy atom. The van der Waals surface area contributed by atoms with Crippen molar-refractivity contribution in [2.24, 2.45) is 0 Å². The molecule has 0 saturated heterocycles. The molecule has 0 amide bonds. The first-order valence-corrected chi connectivity index (χ1v) is 7.14. The van der Waals surface area contributed by atoms with E-state index in [1.54, 1.807) is 6.07 Å². The van der Waals surface area contributed by atoms with E-state index in [9.17, 15) is 4.79 Å². The Kier molecular flexibility index (Phi) is 6.87. The average molecular weight is 328 g/mol. The Morgan fingerprint density at radius 2 is 2.14 bits per heavy atom. The molecule has 0 aliphatic rings. The van der Waals surface area contributed by atoms with E-state index in [1.807, 2.05) is 25.1 Å². The third kappa shape index (κ3) is 4.22. The summed E-state index contributed by atoms with van der Waals surface area (Å²) in [5.41, 5.74) is 0.526. The van der Waals surface area contributed by atoms with Crippen LogP contribution < -0.4 is 10.1 Å². The zero-order chi connectivity index (χ0) is 15.4. The number of para-hydroxylation sites is 1. The molecule has 122 valence electrons. The van der Waals surface area contributed by atoms with Crippen molar-refractivity contribution in [1.29, 1.82) is 0 Å². The van der Waals surface area contributed by atoms with E-state index in [4.69, 9.17) is 14.3 Å². The highest BCUT2D eigenvalue weighted by atomic mass is 35.5. The quantitative estimate of drug-likeness (QED) is 0.604. The highest BCUT2D eigenvalue weighted by Gasteiger charge is 2.16. The molecule has 1 aromatic carbocycles. The summed E-state index contributed by atoms with van der Waals surface area (Å²) in [4.78, 5) is 11.5. The van der Waals surface area contributed by atoms with Crippen molar-refractivity contribution in [2.75, 3.05) is 6.61 Å². The third-order valence-corrected chi connectivity index (χ3v) is 3.09. The first-order chi connectivity index (χ1) is 10.0. The lowest BCUT2D eigenvalue weighted by molar-refractivity contribution is 0.0877. The van der Waals surface area contributed by atoms with Crippen LogP contribution in [-0.4, -0.2) is 29.8 Å². The highest BCUT2D eigenvalue weighted by Crippen LogP contribution is 2.29. The molecule has 1 heterocycles. The van der Waals surface area contributed by atoms with E-state index in [2.05, 4.69) is 19.2 Å².